The van der Waals surface area contributed by atoms with E-state index >= 15 is 0 Å². The lowest BCUT2D eigenvalue weighted by Gasteiger charge is -2.29. The molecule has 1 N–H and O–H groups in total. The molecule has 29 heavy (non-hydrogen) atoms. The van der Waals surface area contributed by atoms with Crippen LogP contribution in [0.25, 0.3) is 11.0 Å². The molecule has 1 aliphatic rings. The number of carbonyl (C=O) groups excluding carboxylic acids is 1. The van der Waals surface area contributed by atoms with Gasteiger partial charge in [0.05, 0.1) is 25.8 Å². The zero-order valence-electron chi connectivity index (χ0n) is 16.5. The Morgan fingerprint density at radius 3 is 2.79 bits per heavy atom. The summed E-state index contributed by atoms with van der Waals surface area (Å²) < 4.78 is 10.8. The van der Waals surface area contributed by atoms with Crippen LogP contribution in [0.15, 0.2) is 53.1 Å². The van der Waals surface area contributed by atoms with Crippen molar-refractivity contribution in [3.63, 3.8) is 0 Å². The van der Waals surface area contributed by atoms with Crippen molar-refractivity contribution in [1.29, 1.82) is 0 Å². The molecule has 152 valence electrons. The van der Waals surface area contributed by atoms with Crippen LogP contribution in [-0.4, -0.2) is 37.6 Å². The van der Waals surface area contributed by atoms with E-state index in [4.69, 9.17) is 20.8 Å². The maximum atomic E-state index is 12.7. The van der Waals surface area contributed by atoms with E-state index in [2.05, 4.69) is 16.3 Å². The number of nitrogens with zero attached hydrogens (tertiary/aromatic N) is 1. The number of ether oxygens (including phenoxy) is 1. The van der Waals surface area contributed by atoms with Crippen molar-refractivity contribution in [1.82, 2.24) is 10.2 Å². The lowest BCUT2D eigenvalue weighted by atomic mass is 10.0. The summed E-state index contributed by atoms with van der Waals surface area (Å²) in [4.78, 5) is 15.1. The number of hydrogen-bond donors (Lipinski definition) is 1. The highest BCUT2D eigenvalue weighted by Gasteiger charge is 2.25. The summed E-state index contributed by atoms with van der Waals surface area (Å²) >= 11 is 6.46. The number of nitrogens with one attached hydrogen (secondary N) is 1. The smallest absolute Gasteiger partial charge is 0.224 e. The molecule has 1 aliphatic heterocycles. The monoisotopic (exact) mass is 412 g/mol. The van der Waals surface area contributed by atoms with E-state index in [1.807, 2.05) is 36.4 Å². The summed E-state index contributed by atoms with van der Waals surface area (Å²) in [5, 5.41) is 4.78. The van der Waals surface area contributed by atoms with E-state index in [0.29, 0.717) is 6.54 Å². The van der Waals surface area contributed by atoms with Crippen molar-refractivity contribution < 1.29 is 13.9 Å². The average Bonchev–Trinajstić information content (AvgIpc) is 3.40. The van der Waals surface area contributed by atoms with Crippen molar-refractivity contribution in [2.45, 2.75) is 25.3 Å². The molecule has 0 radical (unpaired) electrons. The van der Waals surface area contributed by atoms with Gasteiger partial charge in [0.2, 0.25) is 5.91 Å². The van der Waals surface area contributed by atoms with Gasteiger partial charge in [0.15, 0.2) is 0 Å². The third-order valence-corrected chi connectivity index (χ3v) is 5.90. The second-order valence-corrected chi connectivity index (χ2v) is 7.79. The van der Waals surface area contributed by atoms with Crippen LogP contribution in [0.2, 0.25) is 5.02 Å². The Morgan fingerprint density at radius 2 is 2.03 bits per heavy atom. The van der Waals surface area contributed by atoms with E-state index in [9.17, 15) is 4.79 Å². The maximum absolute atomic E-state index is 12.7. The van der Waals surface area contributed by atoms with Crippen LogP contribution in [0.5, 0.6) is 5.75 Å². The first-order chi connectivity index (χ1) is 14.2. The van der Waals surface area contributed by atoms with Crippen molar-refractivity contribution in [2.75, 3.05) is 26.7 Å². The number of furan rings is 1. The number of halogens is 1. The minimum Gasteiger partial charge on any atom is -0.497 e. The zero-order valence-corrected chi connectivity index (χ0v) is 17.2. The predicted octanol–water partition coefficient (Wildman–Crippen LogP) is 4.59. The predicted molar refractivity (Wildman–Crippen MR) is 114 cm³/mol. The molecule has 1 aromatic heterocycles. The number of amides is 1. The zero-order chi connectivity index (χ0) is 20.2. The second kappa shape index (κ2) is 8.89. The van der Waals surface area contributed by atoms with Crippen molar-refractivity contribution >= 4 is 28.5 Å². The number of benzene rings is 2. The molecule has 1 atom stereocenters. The third-order valence-electron chi connectivity index (χ3n) is 5.55. The fourth-order valence-electron chi connectivity index (χ4n) is 4.01. The van der Waals surface area contributed by atoms with Crippen LogP contribution < -0.4 is 10.1 Å². The minimum atomic E-state index is -0.0280. The first-order valence-electron chi connectivity index (χ1n) is 9.95. The van der Waals surface area contributed by atoms with Gasteiger partial charge >= 0.3 is 0 Å². The van der Waals surface area contributed by atoms with Crippen LogP contribution in [0.3, 0.4) is 0 Å². The lowest BCUT2D eigenvalue weighted by Crippen LogP contribution is -2.37. The highest BCUT2D eigenvalue weighted by atomic mass is 35.5. The molecule has 2 heterocycles. The van der Waals surface area contributed by atoms with Crippen LogP contribution in [0.4, 0.5) is 0 Å². The molecule has 0 spiro atoms. The molecule has 1 amide bonds. The van der Waals surface area contributed by atoms with Crippen LogP contribution in [0.1, 0.15) is 30.0 Å². The Labute approximate surface area is 175 Å². The molecule has 6 heteroatoms. The van der Waals surface area contributed by atoms with Crippen LogP contribution in [0, 0.1) is 0 Å². The maximum Gasteiger partial charge on any atom is 0.224 e. The van der Waals surface area contributed by atoms with E-state index < -0.39 is 0 Å². The lowest BCUT2D eigenvalue weighted by molar-refractivity contribution is -0.120. The Balaban J connectivity index is 1.45. The summed E-state index contributed by atoms with van der Waals surface area (Å²) in [5.41, 5.74) is 2.66. The summed E-state index contributed by atoms with van der Waals surface area (Å²) in [6, 6.07) is 13.6. The molecule has 5 nitrogen and oxygen atoms in total. The molecule has 0 aliphatic carbocycles. The Kier molecular flexibility index (Phi) is 6.07. The number of rotatable bonds is 7. The fraction of sp³-hybridized carbons (Fsp3) is 0.348. The average molecular weight is 413 g/mol. The van der Waals surface area contributed by atoms with Crippen molar-refractivity contribution in [3.05, 3.63) is 64.9 Å². The summed E-state index contributed by atoms with van der Waals surface area (Å²) in [6.45, 7) is 2.59. The first-order valence-corrected chi connectivity index (χ1v) is 10.3. The van der Waals surface area contributed by atoms with Gasteiger partial charge in [-0.15, -0.1) is 0 Å². The highest BCUT2D eigenvalue weighted by Crippen LogP contribution is 2.30. The molecule has 4 rings (SSSR count). The van der Waals surface area contributed by atoms with Gasteiger partial charge < -0.3 is 14.5 Å². The van der Waals surface area contributed by atoms with Gasteiger partial charge in [0.25, 0.3) is 0 Å². The van der Waals surface area contributed by atoms with E-state index in [0.717, 1.165) is 46.0 Å². The molecule has 1 saturated heterocycles. The SMILES string of the molecule is COc1ccc2c(CC(=O)NC[C@@H](c3ccccc3Cl)N3CCCC3)coc2c1. The van der Waals surface area contributed by atoms with Gasteiger partial charge in [-0.1, -0.05) is 29.8 Å². The largest absolute Gasteiger partial charge is 0.497 e. The fourth-order valence-corrected chi connectivity index (χ4v) is 4.27. The Hall–Kier alpha value is -2.50. The van der Waals surface area contributed by atoms with E-state index in [1.165, 1.54) is 12.8 Å². The summed E-state index contributed by atoms with van der Waals surface area (Å²) in [5.74, 6) is 0.704. The third kappa shape index (κ3) is 4.41. The molecule has 2 aromatic carbocycles. The van der Waals surface area contributed by atoms with E-state index in [-0.39, 0.29) is 18.4 Å². The topological polar surface area (TPSA) is 54.7 Å². The van der Waals surface area contributed by atoms with Crippen LogP contribution in [-0.2, 0) is 11.2 Å². The van der Waals surface area contributed by atoms with Gasteiger partial charge in [0, 0.05) is 28.6 Å². The molecule has 1 fully saturated rings. The van der Waals surface area contributed by atoms with E-state index in [1.54, 1.807) is 13.4 Å². The summed E-state index contributed by atoms with van der Waals surface area (Å²) in [7, 11) is 1.62. The Morgan fingerprint density at radius 1 is 1.24 bits per heavy atom. The van der Waals surface area contributed by atoms with Gasteiger partial charge in [-0.05, 0) is 49.7 Å². The number of hydrogen-bond acceptors (Lipinski definition) is 4. The van der Waals surface area contributed by atoms with Crippen LogP contribution >= 0.6 is 11.6 Å². The summed E-state index contributed by atoms with van der Waals surface area (Å²) in [6.07, 6.45) is 4.28. The molecule has 0 saturated carbocycles. The molecular weight excluding hydrogens is 388 g/mol. The molecule has 0 unspecified atom stereocenters. The van der Waals surface area contributed by atoms with Gasteiger partial charge in [-0.25, -0.2) is 0 Å². The van der Waals surface area contributed by atoms with Gasteiger partial charge in [-0.3, -0.25) is 9.69 Å². The Bertz CT molecular complexity index is 995. The highest BCUT2D eigenvalue weighted by molar-refractivity contribution is 6.31. The quantitative estimate of drug-likeness (QED) is 0.616. The minimum absolute atomic E-state index is 0.0280. The molecule has 0 bridgehead atoms. The number of methoxy groups -OCH3 is 1. The number of likely N-dealkylation sites (tertiary alicyclic amines) is 1. The molecule has 3 aromatic rings. The second-order valence-electron chi connectivity index (χ2n) is 7.38. The number of carbonyl (C=O) groups is 1. The molecular formula is C23H25ClN2O3. The number of fused-ring (bicyclic) bond motifs is 1. The van der Waals surface area contributed by atoms with Gasteiger partial charge in [-0.2, -0.15) is 0 Å². The first kappa shape index (κ1) is 19.8. The van der Waals surface area contributed by atoms with Gasteiger partial charge in [0.1, 0.15) is 11.3 Å². The normalized spacial score (nSPS) is 15.5. The van der Waals surface area contributed by atoms with Crippen molar-refractivity contribution in [2.24, 2.45) is 0 Å². The van der Waals surface area contributed by atoms with Crippen molar-refractivity contribution in [3.8, 4) is 5.75 Å². The standard InChI is InChI=1S/C23H25ClN2O3/c1-28-17-8-9-18-16(15-29-22(18)13-17)12-23(27)25-14-21(26-10-4-5-11-26)19-6-2-3-7-20(19)24/h2-3,6-9,13,15,21H,4-5,10-12,14H2,1H3,(H,25,27)/t21-/m0/s1.